The van der Waals surface area contributed by atoms with E-state index < -0.39 is 4.92 Å². The molecule has 1 aliphatic rings. The molecular formula is C16H18Cl3N5O3. The van der Waals surface area contributed by atoms with E-state index in [1.165, 1.54) is 16.8 Å². The molecule has 27 heavy (non-hydrogen) atoms. The summed E-state index contributed by atoms with van der Waals surface area (Å²) in [7, 11) is 1.77. The lowest BCUT2D eigenvalue weighted by atomic mass is 10.1. The van der Waals surface area contributed by atoms with Gasteiger partial charge in [-0.3, -0.25) is 14.9 Å². The summed E-state index contributed by atoms with van der Waals surface area (Å²) in [6.07, 6.45) is 3.34. The topological polar surface area (TPSA) is 93.3 Å². The lowest BCUT2D eigenvalue weighted by Crippen LogP contribution is -2.44. The van der Waals surface area contributed by atoms with E-state index in [9.17, 15) is 14.9 Å². The van der Waals surface area contributed by atoms with Gasteiger partial charge in [0.2, 0.25) is 0 Å². The van der Waals surface area contributed by atoms with Gasteiger partial charge in [0.15, 0.2) is 5.69 Å². The van der Waals surface area contributed by atoms with Crippen LogP contribution >= 0.6 is 35.6 Å². The predicted molar refractivity (Wildman–Crippen MR) is 105 cm³/mol. The van der Waals surface area contributed by atoms with Crippen LogP contribution in [0.3, 0.4) is 0 Å². The van der Waals surface area contributed by atoms with Crippen molar-refractivity contribution in [2.24, 2.45) is 0 Å². The highest BCUT2D eigenvalue weighted by molar-refractivity contribution is 6.38. The Kier molecular flexibility index (Phi) is 7.05. The molecule has 0 spiro atoms. The zero-order chi connectivity index (χ0) is 18.8. The fourth-order valence-corrected chi connectivity index (χ4v) is 3.63. The molecule has 0 radical (unpaired) electrons. The first kappa shape index (κ1) is 21.4. The number of hydrogen-bond acceptors (Lipinski definition) is 5. The molecule has 2 heterocycles. The quantitative estimate of drug-likeness (QED) is 0.588. The number of carbonyl (C=O) groups is 1. The van der Waals surface area contributed by atoms with Crippen LogP contribution in [0.1, 0.15) is 23.3 Å². The van der Waals surface area contributed by atoms with Crippen molar-refractivity contribution in [1.82, 2.24) is 20.0 Å². The van der Waals surface area contributed by atoms with Crippen molar-refractivity contribution in [1.29, 1.82) is 0 Å². The Balaban J connectivity index is 0.00000261. The summed E-state index contributed by atoms with van der Waals surface area (Å²) in [5.74, 6) is -0.190. The molecule has 1 N–H and O–H groups in total. The van der Waals surface area contributed by atoms with Gasteiger partial charge < -0.3 is 10.2 Å². The summed E-state index contributed by atoms with van der Waals surface area (Å²) in [5, 5.41) is 18.6. The molecule has 1 fully saturated rings. The Morgan fingerprint density at radius 3 is 2.48 bits per heavy atom. The van der Waals surface area contributed by atoms with E-state index in [1.54, 1.807) is 24.2 Å². The number of nitrogens with zero attached hydrogens (tertiary/aromatic N) is 4. The number of piperidine rings is 1. The van der Waals surface area contributed by atoms with Crippen molar-refractivity contribution in [3.8, 4) is 5.69 Å². The molecule has 146 valence electrons. The summed E-state index contributed by atoms with van der Waals surface area (Å²) in [6.45, 7) is 1.76. The molecule has 0 unspecified atom stereocenters. The Morgan fingerprint density at radius 1 is 1.33 bits per heavy atom. The number of nitro groups is 1. The summed E-state index contributed by atoms with van der Waals surface area (Å²) in [4.78, 5) is 24.7. The van der Waals surface area contributed by atoms with Crippen molar-refractivity contribution in [3.05, 3.63) is 50.2 Å². The molecule has 0 saturated carbocycles. The van der Waals surface area contributed by atoms with E-state index in [2.05, 4.69) is 10.4 Å². The van der Waals surface area contributed by atoms with Crippen molar-refractivity contribution in [3.63, 3.8) is 0 Å². The summed E-state index contributed by atoms with van der Waals surface area (Å²) < 4.78 is 1.36. The number of aromatic nitrogens is 2. The van der Waals surface area contributed by atoms with E-state index >= 15 is 0 Å². The highest BCUT2D eigenvalue weighted by atomic mass is 35.5. The van der Waals surface area contributed by atoms with Crippen molar-refractivity contribution in [2.45, 2.75) is 18.9 Å². The minimum Gasteiger partial charge on any atom is -0.337 e. The maximum Gasteiger partial charge on any atom is 0.274 e. The lowest BCUT2D eigenvalue weighted by molar-refractivity contribution is -0.384. The average Bonchev–Trinajstić information content (AvgIpc) is 3.10. The van der Waals surface area contributed by atoms with Crippen LogP contribution < -0.4 is 5.32 Å². The molecule has 1 aromatic carbocycles. The zero-order valence-corrected chi connectivity index (χ0v) is 16.7. The number of carbonyl (C=O) groups excluding carboxylic acids is 1. The lowest BCUT2D eigenvalue weighted by Gasteiger charge is -2.31. The van der Waals surface area contributed by atoms with Gasteiger partial charge in [-0.15, -0.1) is 12.4 Å². The fourth-order valence-electron chi connectivity index (χ4n) is 2.98. The third-order valence-electron chi connectivity index (χ3n) is 4.43. The van der Waals surface area contributed by atoms with Gasteiger partial charge in [-0.2, -0.15) is 5.10 Å². The van der Waals surface area contributed by atoms with Crippen molar-refractivity contribution >= 4 is 47.2 Å². The Hall–Kier alpha value is -1.87. The normalized spacial score (nSPS) is 14.5. The number of non-ortho nitro benzene ring substituents is 1. The summed E-state index contributed by atoms with van der Waals surface area (Å²) in [6, 6.07) is 4.15. The third kappa shape index (κ3) is 4.52. The van der Waals surface area contributed by atoms with Crippen LogP contribution in [0.5, 0.6) is 0 Å². The number of benzene rings is 1. The van der Waals surface area contributed by atoms with Gasteiger partial charge in [-0.1, -0.05) is 23.2 Å². The fraction of sp³-hybridized carbons (Fsp3) is 0.375. The second kappa shape index (κ2) is 8.88. The van der Waals surface area contributed by atoms with Gasteiger partial charge in [-0.05, 0) is 32.0 Å². The third-order valence-corrected chi connectivity index (χ3v) is 5.00. The molecule has 2 aromatic rings. The largest absolute Gasteiger partial charge is 0.337 e. The Labute approximate surface area is 172 Å². The highest BCUT2D eigenvalue weighted by Crippen LogP contribution is 2.33. The monoisotopic (exact) mass is 433 g/mol. The standard InChI is InChI=1S/C16H17Cl2N5O3.ClH/c1-21(10-2-5-19-6-3-10)16(24)14-4-7-22(20-14)15-12(17)8-11(23(25)26)9-13(15)18;/h4,7-10,19H,2-3,5-6H2,1H3;1H. The van der Waals surface area contributed by atoms with Crippen LogP contribution in [0.25, 0.3) is 5.69 Å². The van der Waals surface area contributed by atoms with E-state index in [-0.39, 0.29) is 45.8 Å². The van der Waals surface area contributed by atoms with Gasteiger partial charge in [-0.25, -0.2) is 4.68 Å². The van der Waals surface area contributed by atoms with E-state index in [0.717, 1.165) is 25.9 Å². The maximum atomic E-state index is 12.7. The molecule has 0 atom stereocenters. The zero-order valence-electron chi connectivity index (χ0n) is 14.4. The number of halogens is 3. The molecule has 3 rings (SSSR count). The van der Waals surface area contributed by atoms with Crippen LogP contribution in [0, 0.1) is 10.1 Å². The minimum atomic E-state index is -0.576. The average molecular weight is 435 g/mol. The van der Waals surface area contributed by atoms with Crippen LogP contribution in [0.2, 0.25) is 10.0 Å². The van der Waals surface area contributed by atoms with E-state index in [4.69, 9.17) is 23.2 Å². The maximum absolute atomic E-state index is 12.7. The molecule has 1 aromatic heterocycles. The van der Waals surface area contributed by atoms with Crippen molar-refractivity contribution in [2.75, 3.05) is 20.1 Å². The first-order chi connectivity index (χ1) is 12.4. The number of nitro benzene ring substituents is 1. The van der Waals surface area contributed by atoms with Gasteiger partial charge in [0.05, 0.1) is 15.0 Å². The predicted octanol–water partition coefficient (Wildman–Crippen LogP) is 3.33. The van der Waals surface area contributed by atoms with Crippen molar-refractivity contribution < 1.29 is 9.72 Å². The molecule has 0 bridgehead atoms. The van der Waals surface area contributed by atoms with Crippen LogP contribution in [0.4, 0.5) is 5.69 Å². The van der Waals surface area contributed by atoms with Gasteiger partial charge >= 0.3 is 0 Å². The Morgan fingerprint density at radius 2 is 1.93 bits per heavy atom. The first-order valence-corrected chi connectivity index (χ1v) is 8.81. The molecule has 1 saturated heterocycles. The van der Waals surface area contributed by atoms with Gasteiger partial charge in [0.1, 0.15) is 5.69 Å². The summed E-state index contributed by atoms with van der Waals surface area (Å²) in [5.41, 5.74) is 0.344. The minimum absolute atomic E-state index is 0. The second-order valence-corrected chi connectivity index (χ2v) is 6.87. The van der Waals surface area contributed by atoms with Gasteiger partial charge in [0.25, 0.3) is 11.6 Å². The van der Waals surface area contributed by atoms with Crippen LogP contribution in [-0.4, -0.2) is 51.7 Å². The summed E-state index contributed by atoms with van der Waals surface area (Å²) >= 11 is 12.3. The molecular weight excluding hydrogens is 417 g/mol. The molecule has 8 nitrogen and oxygen atoms in total. The highest BCUT2D eigenvalue weighted by Gasteiger charge is 2.25. The molecule has 1 amide bonds. The SMILES string of the molecule is CN(C(=O)c1ccn(-c2c(Cl)cc([N+](=O)[O-])cc2Cl)n1)C1CCNCC1.Cl. The van der Waals surface area contributed by atoms with Crippen LogP contribution in [-0.2, 0) is 0 Å². The second-order valence-electron chi connectivity index (χ2n) is 6.06. The van der Waals surface area contributed by atoms with E-state index in [0.29, 0.717) is 5.69 Å². The molecule has 0 aliphatic carbocycles. The number of rotatable bonds is 4. The molecule has 11 heteroatoms. The van der Waals surface area contributed by atoms with Crippen LogP contribution in [0.15, 0.2) is 24.4 Å². The smallest absolute Gasteiger partial charge is 0.274 e. The first-order valence-electron chi connectivity index (χ1n) is 8.06. The number of amides is 1. The number of nitrogens with one attached hydrogen (secondary N) is 1. The Bertz CT molecular complexity index is 829. The van der Waals surface area contributed by atoms with E-state index in [1.807, 2.05) is 0 Å². The molecule has 1 aliphatic heterocycles. The van der Waals surface area contributed by atoms with Gasteiger partial charge in [0, 0.05) is 31.4 Å². The number of hydrogen-bond donors (Lipinski definition) is 1.